The van der Waals surface area contributed by atoms with E-state index in [1.54, 1.807) is 13.0 Å². The van der Waals surface area contributed by atoms with E-state index in [0.29, 0.717) is 5.75 Å². The number of carbonyl (C=O) groups is 2. The van der Waals surface area contributed by atoms with Crippen LogP contribution in [0.4, 0.5) is 4.39 Å². The lowest BCUT2D eigenvalue weighted by atomic mass is 10.1. The standard InChI is InChI=1S/C20H16ClFN2O3/c1-12(27-16-8-6-13-4-2-3-5-14(13)10-16)19(25)23-24-20(26)17-9-7-15(22)11-18(17)21/h2-12H,1H3,(H,23,25)(H,24,26). The van der Waals surface area contributed by atoms with Gasteiger partial charge in [-0.25, -0.2) is 4.39 Å². The first-order valence-electron chi connectivity index (χ1n) is 8.15. The first-order chi connectivity index (χ1) is 12.9. The molecule has 138 valence electrons. The van der Waals surface area contributed by atoms with E-state index in [0.717, 1.165) is 22.9 Å². The third kappa shape index (κ3) is 4.54. The molecule has 0 bridgehead atoms. The molecule has 3 aromatic carbocycles. The molecular formula is C20H16ClFN2O3. The molecule has 27 heavy (non-hydrogen) atoms. The number of carbonyl (C=O) groups excluding carboxylic acids is 2. The smallest absolute Gasteiger partial charge is 0.279 e. The van der Waals surface area contributed by atoms with Crippen molar-refractivity contribution in [3.05, 3.63) is 77.1 Å². The van der Waals surface area contributed by atoms with E-state index in [9.17, 15) is 14.0 Å². The molecule has 2 N–H and O–H groups in total. The van der Waals surface area contributed by atoms with Gasteiger partial charge < -0.3 is 4.74 Å². The van der Waals surface area contributed by atoms with Crippen LogP contribution in [0.5, 0.6) is 5.75 Å². The molecule has 0 aromatic heterocycles. The van der Waals surface area contributed by atoms with Crippen molar-refractivity contribution < 1.29 is 18.7 Å². The Morgan fingerprint density at radius 3 is 2.48 bits per heavy atom. The van der Waals surface area contributed by atoms with Gasteiger partial charge in [-0.15, -0.1) is 0 Å². The van der Waals surface area contributed by atoms with Crippen LogP contribution in [0.25, 0.3) is 10.8 Å². The molecule has 0 aliphatic rings. The van der Waals surface area contributed by atoms with Gasteiger partial charge in [-0.1, -0.05) is 41.9 Å². The van der Waals surface area contributed by atoms with Crippen LogP contribution in [0.1, 0.15) is 17.3 Å². The number of hydrogen-bond acceptors (Lipinski definition) is 3. The van der Waals surface area contributed by atoms with Crippen molar-refractivity contribution in [1.29, 1.82) is 0 Å². The predicted octanol–water partition coefficient (Wildman–Crippen LogP) is 3.86. The van der Waals surface area contributed by atoms with Crippen LogP contribution in [-0.2, 0) is 4.79 Å². The third-order valence-corrected chi connectivity index (χ3v) is 4.19. The molecule has 0 saturated heterocycles. The van der Waals surface area contributed by atoms with Crippen molar-refractivity contribution in [3.8, 4) is 5.75 Å². The van der Waals surface area contributed by atoms with Crippen molar-refractivity contribution in [3.63, 3.8) is 0 Å². The Balaban J connectivity index is 1.59. The number of halogens is 2. The molecule has 1 atom stereocenters. The van der Waals surface area contributed by atoms with Gasteiger partial charge in [0, 0.05) is 0 Å². The van der Waals surface area contributed by atoms with E-state index in [4.69, 9.17) is 16.3 Å². The van der Waals surface area contributed by atoms with Crippen LogP contribution >= 0.6 is 11.6 Å². The zero-order valence-corrected chi connectivity index (χ0v) is 15.1. The van der Waals surface area contributed by atoms with Gasteiger partial charge in [0.1, 0.15) is 11.6 Å². The Morgan fingerprint density at radius 2 is 1.74 bits per heavy atom. The number of amides is 2. The van der Waals surface area contributed by atoms with Crippen LogP contribution in [0.3, 0.4) is 0 Å². The summed E-state index contributed by atoms with van der Waals surface area (Å²) in [5, 5.41) is 1.99. The van der Waals surface area contributed by atoms with Gasteiger partial charge in [-0.2, -0.15) is 0 Å². The molecule has 0 saturated carbocycles. The Bertz CT molecular complexity index is 1010. The van der Waals surface area contributed by atoms with E-state index in [-0.39, 0.29) is 10.6 Å². The van der Waals surface area contributed by atoms with Gasteiger partial charge in [0.15, 0.2) is 6.10 Å². The van der Waals surface area contributed by atoms with Crippen LogP contribution in [-0.4, -0.2) is 17.9 Å². The number of rotatable bonds is 4. The van der Waals surface area contributed by atoms with Crippen molar-refractivity contribution in [2.45, 2.75) is 13.0 Å². The fourth-order valence-electron chi connectivity index (χ4n) is 2.46. The quantitative estimate of drug-likeness (QED) is 0.669. The summed E-state index contributed by atoms with van der Waals surface area (Å²) in [4.78, 5) is 24.2. The topological polar surface area (TPSA) is 67.4 Å². The summed E-state index contributed by atoms with van der Waals surface area (Å²) in [6, 6.07) is 16.6. The monoisotopic (exact) mass is 386 g/mol. The predicted molar refractivity (Wildman–Crippen MR) is 101 cm³/mol. The van der Waals surface area contributed by atoms with Crippen LogP contribution in [0.15, 0.2) is 60.7 Å². The van der Waals surface area contributed by atoms with Gasteiger partial charge in [-0.05, 0) is 48.0 Å². The lowest BCUT2D eigenvalue weighted by Crippen LogP contribution is -2.47. The lowest BCUT2D eigenvalue weighted by molar-refractivity contribution is -0.128. The second-order valence-corrected chi connectivity index (χ2v) is 6.24. The maximum absolute atomic E-state index is 13.0. The molecule has 3 aromatic rings. The van der Waals surface area contributed by atoms with E-state index < -0.39 is 23.7 Å². The summed E-state index contributed by atoms with van der Waals surface area (Å²) in [5.74, 6) is -1.23. The van der Waals surface area contributed by atoms with Crippen LogP contribution in [0, 0.1) is 5.82 Å². The molecule has 7 heteroatoms. The van der Waals surface area contributed by atoms with Gasteiger partial charge >= 0.3 is 0 Å². The molecule has 2 amide bonds. The van der Waals surface area contributed by atoms with Crippen LogP contribution < -0.4 is 15.6 Å². The second kappa shape index (κ2) is 8.05. The summed E-state index contributed by atoms with van der Waals surface area (Å²) in [7, 11) is 0. The molecule has 5 nitrogen and oxygen atoms in total. The number of ether oxygens (including phenoxy) is 1. The van der Waals surface area contributed by atoms with Gasteiger partial charge in [0.25, 0.3) is 11.8 Å². The number of benzene rings is 3. The fraction of sp³-hybridized carbons (Fsp3) is 0.100. The molecular weight excluding hydrogens is 371 g/mol. The molecule has 3 rings (SSSR count). The number of hydrogen-bond donors (Lipinski definition) is 2. The molecule has 0 aliphatic heterocycles. The Hall–Kier alpha value is -3.12. The largest absolute Gasteiger partial charge is 0.481 e. The highest BCUT2D eigenvalue weighted by molar-refractivity contribution is 6.33. The second-order valence-electron chi connectivity index (χ2n) is 5.84. The summed E-state index contributed by atoms with van der Waals surface area (Å²) in [6.07, 6.45) is -0.852. The Morgan fingerprint density at radius 1 is 1.00 bits per heavy atom. The van der Waals surface area contributed by atoms with E-state index in [1.807, 2.05) is 36.4 Å². The molecule has 0 fully saturated rings. The SMILES string of the molecule is CC(Oc1ccc2ccccc2c1)C(=O)NNC(=O)c1ccc(F)cc1Cl. The molecule has 0 aliphatic carbocycles. The molecule has 1 unspecified atom stereocenters. The minimum atomic E-state index is -0.852. The Labute approximate surface area is 160 Å². The maximum atomic E-state index is 13.0. The summed E-state index contributed by atoms with van der Waals surface area (Å²) < 4.78 is 18.7. The van der Waals surface area contributed by atoms with Crippen molar-refractivity contribution >= 4 is 34.2 Å². The maximum Gasteiger partial charge on any atom is 0.279 e. The zero-order valence-electron chi connectivity index (χ0n) is 14.3. The number of hydrazine groups is 1. The third-order valence-electron chi connectivity index (χ3n) is 3.88. The highest BCUT2D eigenvalue weighted by Gasteiger charge is 2.17. The molecule has 0 heterocycles. The number of fused-ring (bicyclic) bond motifs is 1. The first-order valence-corrected chi connectivity index (χ1v) is 8.52. The van der Waals surface area contributed by atoms with Crippen LogP contribution in [0.2, 0.25) is 5.02 Å². The van der Waals surface area contributed by atoms with Gasteiger partial charge in [0.2, 0.25) is 0 Å². The van der Waals surface area contributed by atoms with Gasteiger partial charge in [0.05, 0.1) is 10.6 Å². The minimum Gasteiger partial charge on any atom is -0.481 e. The Kier molecular flexibility index (Phi) is 5.57. The highest BCUT2D eigenvalue weighted by Crippen LogP contribution is 2.21. The minimum absolute atomic E-state index is 0.0430. The normalized spacial score (nSPS) is 11.7. The van der Waals surface area contributed by atoms with Gasteiger partial charge in [-0.3, -0.25) is 20.4 Å². The van der Waals surface area contributed by atoms with Crippen molar-refractivity contribution in [2.75, 3.05) is 0 Å². The lowest BCUT2D eigenvalue weighted by Gasteiger charge is -2.15. The van der Waals surface area contributed by atoms with E-state index in [1.165, 1.54) is 6.07 Å². The molecule has 0 spiro atoms. The summed E-state index contributed by atoms with van der Waals surface area (Å²) in [5.41, 5.74) is 4.54. The summed E-state index contributed by atoms with van der Waals surface area (Å²) >= 11 is 5.82. The number of nitrogens with one attached hydrogen (secondary N) is 2. The zero-order chi connectivity index (χ0) is 19.4. The van der Waals surface area contributed by atoms with Crippen molar-refractivity contribution in [1.82, 2.24) is 10.9 Å². The molecule has 0 radical (unpaired) electrons. The van der Waals surface area contributed by atoms with E-state index >= 15 is 0 Å². The fourth-order valence-corrected chi connectivity index (χ4v) is 2.71. The van der Waals surface area contributed by atoms with Crippen molar-refractivity contribution in [2.24, 2.45) is 0 Å². The van der Waals surface area contributed by atoms with E-state index in [2.05, 4.69) is 10.9 Å². The summed E-state index contributed by atoms with van der Waals surface area (Å²) in [6.45, 7) is 1.56. The highest BCUT2D eigenvalue weighted by atomic mass is 35.5. The average Bonchev–Trinajstić information content (AvgIpc) is 2.65. The first kappa shape index (κ1) is 18.7. The average molecular weight is 387 g/mol.